The molecular weight excluding hydrogens is 301 g/mol. The Morgan fingerprint density at radius 1 is 0.500 bits per heavy atom. The van der Waals surface area contributed by atoms with Crippen LogP contribution in [0, 0.1) is 0 Å². The summed E-state index contributed by atoms with van der Waals surface area (Å²) >= 11 is 0. The summed E-state index contributed by atoms with van der Waals surface area (Å²) in [6.45, 7) is 0. The molecule has 0 radical (unpaired) electrons. The molecular formula is C18H18BN3O2. The van der Waals surface area contributed by atoms with Gasteiger partial charge in [0.05, 0.1) is 0 Å². The zero-order valence-electron chi connectivity index (χ0n) is 13.1. The van der Waals surface area contributed by atoms with Crippen molar-refractivity contribution in [3.63, 3.8) is 0 Å². The molecule has 0 aliphatic carbocycles. The summed E-state index contributed by atoms with van der Waals surface area (Å²) in [4.78, 5) is 0. The fourth-order valence-electron chi connectivity index (χ4n) is 2.15. The van der Waals surface area contributed by atoms with E-state index >= 15 is 0 Å². The van der Waals surface area contributed by atoms with E-state index in [1.165, 1.54) is 0 Å². The van der Waals surface area contributed by atoms with Crippen LogP contribution in [0.2, 0.25) is 0 Å². The number of nitrogen functional groups attached to an aromatic ring is 3. The van der Waals surface area contributed by atoms with Crippen molar-refractivity contribution < 1.29 is 9.31 Å². The van der Waals surface area contributed by atoms with Crippen LogP contribution in [0.4, 0.5) is 17.1 Å². The molecule has 0 aliphatic rings. The lowest BCUT2D eigenvalue weighted by molar-refractivity contribution is 0.439. The average molecular weight is 319 g/mol. The van der Waals surface area contributed by atoms with Gasteiger partial charge >= 0.3 is 7.12 Å². The highest BCUT2D eigenvalue weighted by Gasteiger charge is 2.26. The summed E-state index contributed by atoms with van der Waals surface area (Å²) in [6.07, 6.45) is 0. The van der Waals surface area contributed by atoms with Gasteiger partial charge in [-0.3, -0.25) is 0 Å². The lowest BCUT2D eigenvalue weighted by Crippen LogP contribution is -2.42. The van der Waals surface area contributed by atoms with Crippen molar-refractivity contribution in [3.05, 3.63) is 72.8 Å². The number of hydrogen-bond donors (Lipinski definition) is 3. The Kier molecular flexibility index (Phi) is 4.47. The van der Waals surface area contributed by atoms with Gasteiger partial charge in [0.2, 0.25) is 0 Å². The van der Waals surface area contributed by atoms with E-state index in [-0.39, 0.29) is 0 Å². The third kappa shape index (κ3) is 3.92. The van der Waals surface area contributed by atoms with Gasteiger partial charge in [-0.25, -0.2) is 0 Å². The molecule has 0 aliphatic heterocycles. The van der Waals surface area contributed by atoms with Crippen LogP contribution in [0.25, 0.3) is 0 Å². The van der Waals surface area contributed by atoms with Crippen LogP contribution in [0.5, 0.6) is 11.5 Å². The van der Waals surface area contributed by atoms with Gasteiger partial charge in [-0.05, 0) is 60.7 Å². The maximum atomic E-state index is 5.98. The summed E-state index contributed by atoms with van der Waals surface area (Å²) in [7, 11) is -0.627. The van der Waals surface area contributed by atoms with Gasteiger partial charge in [0.15, 0.2) is 0 Å². The minimum absolute atomic E-state index is 0.627. The van der Waals surface area contributed by atoms with Gasteiger partial charge in [-0.2, -0.15) is 0 Å². The first-order chi connectivity index (χ1) is 11.6. The van der Waals surface area contributed by atoms with Crippen LogP contribution < -0.4 is 32.0 Å². The molecule has 3 aromatic carbocycles. The summed E-state index contributed by atoms with van der Waals surface area (Å²) < 4.78 is 12.0. The normalized spacial score (nSPS) is 10.2. The molecule has 0 heterocycles. The summed E-state index contributed by atoms with van der Waals surface area (Å²) in [5, 5.41) is 0. The molecule has 24 heavy (non-hydrogen) atoms. The van der Waals surface area contributed by atoms with Crippen molar-refractivity contribution in [1.82, 2.24) is 0 Å². The summed E-state index contributed by atoms with van der Waals surface area (Å²) in [6, 6.07) is 21.6. The predicted molar refractivity (Wildman–Crippen MR) is 99.2 cm³/mol. The van der Waals surface area contributed by atoms with E-state index in [0.717, 1.165) is 5.46 Å². The van der Waals surface area contributed by atoms with Gasteiger partial charge in [0, 0.05) is 22.5 Å². The van der Waals surface area contributed by atoms with E-state index in [2.05, 4.69) is 0 Å². The Labute approximate surface area is 141 Å². The van der Waals surface area contributed by atoms with E-state index in [0.29, 0.717) is 28.6 Å². The first kappa shape index (κ1) is 15.6. The maximum absolute atomic E-state index is 5.98. The summed E-state index contributed by atoms with van der Waals surface area (Å²) in [5.41, 5.74) is 20.0. The van der Waals surface area contributed by atoms with Crippen LogP contribution in [-0.4, -0.2) is 7.12 Å². The fourth-order valence-corrected chi connectivity index (χ4v) is 2.15. The smallest absolute Gasteiger partial charge is 0.522 e. The minimum atomic E-state index is -0.627. The number of hydrogen-bond acceptors (Lipinski definition) is 5. The van der Waals surface area contributed by atoms with Crippen molar-refractivity contribution >= 4 is 29.6 Å². The number of rotatable bonds is 5. The second kappa shape index (κ2) is 6.87. The van der Waals surface area contributed by atoms with Crippen molar-refractivity contribution in [2.75, 3.05) is 17.2 Å². The molecule has 6 N–H and O–H groups in total. The molecule has 0 spiro atoms. The molecule has 0 atom stereocenters. The Hall–Kier alpha value is -3.28. The molecule has 0 amide bonds. The standard InChI is InChI=1S/C18H18BN3O2/c20-14-3-1-13(2-4-14)19(23-17-9-5-15(21)6-10-17)24-18-11-7-16(22)8-12-18/h1-12H,20-22H2. The molecule has 120 valence electrons. The largest absolute Gasteiger partial charge is 0.632 e. The molecule has 0 fully saturated rings. The van der Waals surface area contributed by atoms with Gasteiger partial charge in [-0.1, -0.05) is 12.1 Å². The predicted octanol–water partition coefficient (Wildman–Crippen LogP) is 2.29. The summed E-state index contributed by atoms with van der Waals surface area (Å²) in [5.74, 6) is 1.31. The Morgan fingerprint density at radius 3 is 1.21 bits per heavy atom. The minimum Gasteiger partial charge on any atom is -0.522 e. The molecule has 3 aromatic rings. The molecule has 0 bridgehead atoms. The van der Waals surface area contributed by atoms with Gasteiger partial charge in [0.25, 0.3) is 0 Å². The average Bonchev–Trinajstić information content (AvgIpc) is 2.59. The van der Waals surface area contributed by atoms with Crippen molar-refractivity contribution in [2.24, 2.45) is 0 Å². The number of nitrogens with two attached hydrogens (primary N) is 3. The van der Waals surface area contributed by atoms with E-state index in [1.54, 1.807) is 60.7 Å². The Morgan fingerprint density at radius 2 is 0.833 bits per heavy atom. The second-order valence-corrected chi connectivity index (χ2v) is 5.37. The Bertz CT molecular complexity index is 743. The van der Waals surface area contributed by atoms with Crippen LogP contribution >= 0.6 is 0 Å². The molecule has 0 aromatic heterocycles. The molecule has 0 unspecified atom stereocenters. The maximum Gasteiger partial charge on any atom is 0.632 e. The van der Waals surface area contributed by atoms with Gasteiger partial charge < -0.3 is 26.5 Å². The van der Waals surface area contributed by atoms with Crippen molar-refractivity contribution in [2.45, 2.75) is 0 Å². The van der Waals surface area contributed by atoms with Crippen LogP contribution in [0.3, 0.4) is 0 Å². The number of benzene rings is 3. The molecule has 6 heteroatoms. The highest BCUT2D eigenvalue weighted by Crippen LogP contribution is 2.18. The molecule has 0 saturated carbocycles. The van der Waals surface area contributed by atoms with Crippen molar-refractivity contribution in [3.8, 4) is 11.5 Å². The first-order valence-electron chi connectivity index (χ1n) is 7.50. The quantitative estimate of drug-likeness (QED) is 0.495. The third-order valence-electron chi connectivity index (χ3n) is 3.46. The lowest BCUT2D eigenvalue weighted by atomic mass is 9.78. The van der Waals surface area contributed by atoms with E-state index in [9.17, 15) is 0 Å². The van der Waals surface area contributed by atoms with Gasteiger partial charge in [-0.15, -0.1) is 0 Å². The molecule has 5 nitrogen and oxygen atoms in total. The zero-order valence-corrected chi connectivity index (χ0v) is 13.1. The van der Waals surface area contributed by atoms with Crippen LogP contribution in [-0.2, 0) is 0 Å². The van der Waals surface area contributed by atoms with Crippen LogP contribution in [0.1, 0.15) is 0 Å². The zero-order chi connectivity index (χ0) is 16.9. The topological polar surface area (TPSA) is 96.5 Å². The van der Waals surface area contributed by atoms with Crippen molar-refractivity contribution in [1.29, 1.82) is 0 Å². The SMILES string of the molecule is Nc1ccc(OB(Oc2ccc(N)cc2)c2ccc(N)cc2)cc1. The van der Waals surface area contributed by atoms with Gasteiger partial charge in [0.1, 0.15) is 11.5 Å². The highest BCUT2D eigenvalue weighted by molar-refractivity contribution is 6.62. The van der Waals surface area contributed by atoms with E-state index < -0.39 is 7.12 Å². The van der Waals surface area contributed by atoms with Crippen LogP contribution in [0.15, 0.2) is 72.8 Å². The lowest BCUT2D eigenvalue weighted by Gasteiger charge is -2.17. The highest BCUT2D eigenvalue weighted by atomic mass is 16.6. The molecule has 0 saturated heterocycles. The third-order valence-corrected chi connectivity index (χ3v) is 3.46. The number of anilines is 3. The second-order valence-electron chi connectivity index (χ2n) is 5.37. The fraction of sp³-hybridized carbons (Fsp3) is 0. The van der Waals surface area contributed by atoms with E-state index in [1.807, 2.05) is 12.1 Å². The first-order valence-corrected chi connectivity index (χ1v) is 7.50. The monoisotopic (exact) mass is 319 g/mol. The Balaban J connectivity index is 1.86. The van der Waals surface area contributed by atoms with E-state index in [4.69, 9.17) is 26.5 Å². The molecule has 3 rings (SSSR count).